The molecule has 1 atom stereocenters. The average Bonchev–Trinajstić information content (AvgIpc) is 3.25. The number of phenols is 1. The van der Waals surface area contributed by atoms with Crippen molar-refractivity contribution < 1.29 is 9.90 Å². The lowest BCUT2D eigenvalue weighted by molar-refractivity contribution is 0.0784. The van der Waals surface area contributed by atoms with Crippen molar-refractivity contribution in [2.75, 3.05) is 13.1 Å². The van der Waals surface area contributed by atoms with Gasteiger partial charge in [0.25, 0.3) is 5.91 Å². The molecular formula is C21H25N5O2. The lowest BCUT2D eigenvalue weighted by atomic mass is 9.94. The number of nitrogens with two attached hydrogens (primary N) is 1. The Kier molecular flexibility index (Phi) is 4.55. The Morgan fingerprint density at radius 3 is 2.82 bits per heavy atom. The number of hydrogen-bond acceptors (Lipinski definition) is 5. The number of aromatic hydroxyl groups is 1. The minimum atomic E-state index is -0.304. The molecule has 146 valence electrons. The van der Waals surface area contributed by atoms with Crippen molar-refractivity contribution in [3.8, 4) is 17.0 Å². The fraction of sp³-hybridized carbons (Fsp3) is 0.381. The fourth-order valence-electron chi connectivity index (χ4n) is 4.07. The van der Waals surface area contributed by atoms with Gasteiger partial charge in [-0.3, -0.25) is 9.89 Å². The summed E-state index contributed by atoms with van der Waals surface area (Å²) in [6.45, 7) is 5.23. The number of phenolic OH excluding ortho intramolecular Hbond substituents is 1. The highest BCUT2D eigenvalue weighted by Crippen LogP contribution is 2.30. The number of fused-ring (bicyclic) bond motifs is 1. The Labute approximate surface area is 163 Å². The van der Waals surface area contributed by atoms with E-state index in [1.165, 1.54) is 0 Å². The minimum Gasteiger partial charge on any atom is -0.508 e. The summed E-state index contributed by atoms with van der Waals surface area (Å²) >= 11 is 0. The molecule has 0 bridgehead atoms. The lowest BCUT2D eigenvalue weighted by Gasteiger charge is -2.24. The predicted molar refractivity (Wildman–Crippen MR) is 108 cm³/mol. The number of aromatic nitrogens is 3. The van der Waals surface area contributed by atoms with Crippen LogP contribution in [0.2, 0.25) is 0 Å². The second kappa shape index (κ2) is 6.91. The first kappa shape index (κ1) is 18.4. The molecule has 1 fully saturated rings. The first-order valence-electron chi connectivity index (χ1n) is 9.63. The van der Waals surface area contributed by atoms with Crippen LogP contribution in [0.15, 0.2) is 30.3 Å². The average molecular weight is 379 g/mol. The van der Waals surface area contributed by atoms with Crippen molar-refractivity contribution in [3.05, 3.63) is 41.6 Å². The number of H-pyrrole nitrogens is 1. The summed E-state index contributed by atoms with van der Waals surface area (Å²) < 4.78 is 0. The number of aryl methyl sites for hydroxylation is 1. The van der Waals surface area contributed by atoms with Crippen LogP contribution in [0.5, 0.6) is 5.75 Å². The molecule has 0 spiro atoms. The molecule has 0 aliphatic carbocycles. The van der Waals surface area contributed by atoms with Crippen molar-refractivity contribution in [3.63, 3.8) is 0 Å². The molecule has 0 saturated carbocycles. The Bertz CT molecular complexity index is 1030. The number of rotatable bonds is 4. The lowest BCUT2D eigenvalue weighted by Crippen LogP contribution is -2.43. The zero-order valence-corrected chi connectivity index (χ0v) is 16.2. The maximum Gasteiger partial charge on any atom is 0.254 e. The van der Waals surface area contributed by atoms with E-state index in [4.69, 9.17) is 5.73 Å². The summed E-state index contributed by atoms with van der Waals surface area (Å²) in [5, 5.41) is 17.5. The summed E-state index contributed by atoms with van der Waals surface area (Å²) in [6.07, 6.45) is 2.73. The largest absolute Gasteiger partial charge is 0.508 e. The van der Waals surface area contributed by atoms with Gasteiger partial charge in [-0.05, 0) is 50.1 Å². The molecule has 0 radical (unpaired) electrons. The van der Waals surface area contributed by atoms with Crippen LogP contribution >= 0.6 is 0 Å². The number of nitrogens with zero attached hydrogens (tertiary/aromatic N) is 3. The maximum absolute atomic E-state index is 13.4. The molecule has 1 aromatic carbocycles. The third-order valence-corrected chi connectivity index (χ3v) is 5.52. The minimum absolute atomic E-state index is 0.0413. The number of benzene rings is 1. The maximum atomic E-state index is 13.4. The normalized spacial score (nSPS) is 19.5. The molecule has 3 aromatic rings. The van der Waals surface area contributed by atoms with Gasteiger partial charge in [0.05, 0.1) is 16.6 Å². The van der Waals surface area contributed by atoms with E-state index in [2.05, 4.69) is 22.1 Å². The van der Waals surface area contributed by atoms with Crippen molar-refractivity contribution in [1.82, 2.24) is 20.1 Å². The molecular weight excluding hydrogens is 354 g/mol. The zero-order chi connectivity index (χ0) is 19.9. The monoisotopic (exact) mass is 379 g/mol. The predicted octanol–water partition coefficient (Wildman–Crippen LogP) is 2.98. The van der Waals surface area contributed by atoms with Crippen LogP contribution in [-0.2, 0) is 0 Å². The van der Waals surface area contributed by atoms with Gasteiger partial charge in [-0.1, -0.05) is 13.3 Å². The zero-order valence-electron chi connectivity index (χ0n) is 16.2. The molecule has 1 aliphatic rings. The standard InChI is InChI=1S/C21H25N5O2/c1-3-8-21(22)9-10-26(12-21)20(28)16-11-17(14-4-6-15(27)7-5-14)23-19-18(16)13(2)24-25-19/h4-7,11,27H,3,8-10,12,22H2,1-2H3,(H,23,24,25). The molecule has 2 aromatic heterocycles. The fourth-order valence-corrected chi connectivity index (χ4v) is 4.07. The van der Waals surface area contributed by atoms with E-state index < -0.39 is 0 Å². The van der Waals surface area contributed by atoms with Crippen molar-refractivity contribution in [2.45, 2.75) is 38.6 Å². The van der Waals surface area contributed by atoms with Crippen LogP contribution < -0.4 is 5.73 Å². The van der Waals surface area contributed by atoms with E-state index in [1.54, 1.807) is 24.3 Å². The SMILES string of the molecule is CCCC1(N)CCN(C(=O)c2cc(-c3ccc(O)cc3)nc3n[nH]c(C)c23)C1. The molecule has 7 nitrogen and oxygen atoms in total. The Balaban J connectivity index is 1.76. The molecule has 1 unspecified atom stereocenters. The van der Waals surface area contributed by atoms with Crippen LogP contribution in [0, 0.1) is 6.92 Å². The van der Waals surface area contributed by atoms with E-state index in [0.29, 0.717) is 30.0 Å². The number of carbonyl (C=O) groups is 1. The summed E-state index contributed by atoms with van der Waals surface area (Å²) in [6, 6.07) is 8.58. The van der Waals surface area contributed by atoms with Gasteiger partial charge >= 0.3 is 0 Å². The van der Waals surface area contributed by atoms with E-state index in [1.807, 2.05) is 17.9 Å². The van der Waals surface area contributed by atoms with Crippen LogP contribution in [-0.4, -0.2) is 49.7 Å². The van der Waals surface area contributed by atoms with Gasteiger partial charge in [-0.25, -0.2) is 4.98 Å². The molecule has 1 aliphatic heterocycles. The quantitative estimate of drug-likeness (QED) is 0.646. The molecule has 1 saturated heterocycles. The van der Waals surface area contributed by atoms with Gasteiger partial charge in [0.15, 0.2) is 5.65 Å². The van der Waals surface area contributed by atoms with E-state index >= 15 is 0 Å². The van der Waals surface area contributed by atoms with Crippen LogP contribution in [0.1, 0.15) is 42.2 Å². The number of likely N-dealkylation sites (tertiary alicyclic amines) is 1. The van der Waals surface area contributed by atoms with Crippen molar-refractivity contribution in [2.24, 2.45) is 5.73 Å². The number of carbonyl (C=O) groups excluding carboxylic acids is 1. The highest BCUT2D eigenvalue weighted by Gasteiger charge is 2.37. The van der Waals surface area contributed by atoms with Crippen molar-refractivity contribution >= 4 is 16.9 Å². The van der Waals surface area contributed by atoms with E-state index in [0.717, 1.165) is 35.9 Å². The van der Waals surface area contributed by atoms with Gasteiger partial charge < -0.3 is 15.7 Å². The molecule has 1 amide bonds. The Hall–Kier alpha value is -2.93. The Morgan fingerprint density at radius 2 is 2.11 bits per heavy atom. The first-order chi connectivity index (χ1) is 13.4. The number of aromatic amines is 1. The van der Waals surface area contributed by atoms with Crippen LogP contribution in [0.3, 0.4) is 0 Å². The van der Waals surface area contributed by atoms with Gasteiger partial charge in [0.1, 0.15) is 5.75 Å². The smallest absolute Gasteiger partial charge is 0.254 e. The summed E-state index contributed by atoms with van der Waals surface area (Å²) in [7, 11) is 0. The van der Waals surface area contributed by atoms with Gasteiger partial charge in [0.2, 0.25) is 0 Å². The second-order valence-electron chi connectivity index (χ2n) is 7.74. The molecule has 4 N–H and O–H groups in total. The second-order valence-corrected chi connectivity index (χ2v) is 7.74. The van der Waals surface area contributed by atoms with E-state index in [-0.39, 0.29) is 17.2 Å². The molecule has 3 heterocycles. The summed E-state index contributed by atoms with van der Waals surface area (Å²) in [4.78, 5) is 19.9. The third-order valence-electron chi connectivity index (χ3n) is 5.52. The Morgan fingerprint density at radius 1 is 1.36 bits per heavy atom. The summed E-state index contributed by atoms with van der Waals surface area (Å²) in [5.74, 6) is 0.143. The van der Waals surface area contributed by atoms with Crippen molar-refractivity contribution in [1.29, 1.82) is 0 Å². The number of hydrogen-bond donors (Lipinski definition) is 3. The first-order valence-corrected chi connectivity index (χ1v) is 9.63. The van der Waals surface area contributed by atoms with Gasteiger partial charge in [-0.2, -0.15) is 5.10 Å². The van der Waals surface area contributed by atoms with E-state index in [9.17, 15) is 9.90 Å². The molecule has 4 rings (SSSR count). The molecule has 28 heavy (non-hydrogen) atoms. The van der Waals surface area contributed by atoms with Gasteiger partial charge in [0, 0.05) is 29.9 Å². The van der Waals surface area contributed by atoms with Gasteiger partial charge in [-0.15, -0.1) is 0 Å². The topological polar surface area (TPSA) is 108 Å². The third kappa shape index (κ3) is 3.22. The highest BCUT2D eigenvalue weighted by molar-refractivity contribution is 6.07. The van der Waals surface area contributed by atoms with Crippen LogP contribution in [0.25, 0.3) is 22.3 Å². The number of nitrogens with one attached hydrogen (secondary N) is 1. The summed E-state index contributed by atoms with van der Waals surface area (Å²) in [5.41, 5.74) is 9.55. The molecule has 7 heteroatoms. The highest BCUT2D eigenvalue weighted by atomic mass is 16.3. The van der Waals surface area contributed by atoms with Crippen LogP contribution in [0.4, 0.5) is 0 Å². The number of amides is 1. The number of pyridine rings is 1.